The van der Waals surface area contributed by atoms with E-state index >= 15 is 0 Å². The van der Waals surface area contributed by atoms with E-state index < -0.39 is 0 Å². The van der Waals surface area contributed by atoms with Gasteiger partial charge in [-0.3, -0.25) is 0 Å². The molecule has 5 rings (SSSR count). The SMILES string of the molecule is C[C@@H]1CCc2c(sc3ncnc(Sc4nnc(-c5ccccc5)o4)c23)C1. The number of aromatic nitrogens is 4. The summed E-state index contributed by atoms with van der Waals surface area (Å²) >= 11 is 3.23. The first-order valence-electron chi connectivity index (χ1n) is 8.60. The summed E-state index contributed by atoms with van der Waals surface area (Å²) in [5.41, 5.74) is 2.33. The molecule has 0 radical (unpaired) electrons. The van der Waals surface area contributed by atoms with Gasteiger partial charge in [0.05, 0.1) is 0 Å². The molecule has 0 amide bonds. The van der Waals surface area contributed by atoms with Crippen molar-refractivity contribution in [2.75, 3.05) is 0 Å². The van der Waals surface area contributed by atoms with Crippen LogP contribution in [0, 0.1) is 5.92 Å². The fourth-order valence-electron chi connectivity index (χ4n) is 3.35. The third kappa shape index (κ3) is 2.81. The van der Waals surface area contributed by atoms with Gasteiger partial charge in [-0.2, -0.15) is 0 Å². The first-order valence-corrected chi connectivity index (χ1v) is 10.2. The van der Waals surface area contributed by atoms with Crippen molar-refractivity contribution in [2.24, 2.45) is 5.92 Å². The minimum atomic E-state index is 0.507. The van der Waals surface area contributed by atoms with Gasteiger partial charge >= 0.3 is 0 Å². The van der Waals surface area contributed by atoms with Crippen molar-refractivity contribution >= 4 is 33.3 Å². The quantitative estimate of drug-likeness (QED) is 0.465. The molecule has 1 aliphatic carbocycles. The van der Waals surface area contributed by atoms with Crippen molar-refractivity contribution in [3.05, 3.63) is 47.1 Å². The first-order chi connectivity index (χ1) is 12.8. The van der Waals surface area contributed by atoms with Gasteiger partial charge in [0.15, 0.2) is 0 Å². The van der Waals surface area contributed by atoms with Crippen LogP contribution in [0.25, 0.3) is 21.7 Å². The second-order valence-corrected chi connectivity index (χ2v) is 8.58. The third-order valence-corrected chi connectivity index (χ3v) is 6.67. The highest BCUT2D eigenvalue weighted by molar-refractivity contribution is 7.99. The van der Waals surface area contributed by atoms with Crippen LogP contribution in [0.4, 0.5) is 0 Å². The number of hydrogen-bond donors (Lipinski definition) is 0. The Labute approximate surface area is 158 Å². The molecule has 3 heterocycles. The molecule has 3 aromatic heterocycles. The minimum Gasteiger partial charge on any atom is -0.411 e. The molecule has 130 valence electrons. The summed E-state index contributed by atoms with van der Waals surface area (Å²) in [6.45, 7) is 2.32. The Kier molecular flexibility index (Phi) is 3.98. The van der Waals surface area contributed by atoms with E-state index in [2.05, 4.69) is 27.1 Å². The average Bonchev–Trinajstić information content (AvgIpc) is 3.27. The lowest BCUT2D eigenvalue weighted by atomic mass is 9.89. The molecular formula is C19H16N4OS2. The molecule has 26 heavy (non-hydrogen) atoms. The van der Waals surface area contributed by atoms with Crippen LogP contribution in [-0.4, -0.2) is 20.2 Å². The number of fused-ring (bicyclic) bond motifs is 3. The van der Waals surface area contributed by atoms with Gasteiger partial charge in [-0.1, -0.05) is 25.1 Å². The molecular weight excluding hydrogens is 364 g/mol. The lowest BCUT2D eigenvalue weighted by Crippen LogP contribution is -2.08. The monoisotopic (exact) mass is 380 g/mol. The van der Waals surface area contributed by atoms with E-state index in [9.17, 15) is 0 Å². The molecule has 1 aliphatic rings. The Morgan fingerprint density at radius 2 is 2.04 bits per heavy atom. The van der Waals surface area contributed by atoms with Gasteiger partial charge in [0.2, 0.25) is 5.89 Å². The summed E-state index contributed by atoms with van der Waals surface area (Å²) in [7, 11) is 0. The molecule has 0 fully saturated rings. The van der Waals surface area contributed by atoms with E-state index in [1.54, 1.807) is 17.7 Å². The van der Waals surface area contributed by atoms with Crippen LogP contribution in [0.1, 0.15) is 23.8 Å². The number of hydrogen-bond acceptors (Lipinski definition) is 7. The predicted octanol–water partition coefficient (Wildman–Crippen LogP) is 5.02. The minimum absolute atomic E-state index is 0.507. The van der Waals surface area contributed by atoms with Gasteiger partial charge in [-0.15, -0.1) is 21.5 Å². The Hall–Kier alpha value is -2.25. The summed E-state index contributed by atoms with van der Waals surface area (Å²) in [4.78, 5) is 11.5. The average molecular weight is 380 g/mol. The largest absolute Gasteiger partial charge is 0.411 e. The second kappa shape index (κ2) is 6.48. The highest BCUT2D eigenvalue weighted by Gasteiger charge is 2.24. The maximum Gasteiger partial charge on any atom is 0.283 e. The molecule has 4 aromatic rings. The summed E-state index contributed by atoms with van der Waals surface area (Å²) in [5.74, 6) is 1.27. The standard InChI is InChI=1S/C19H16N4OS2/c1-11-7-8-13-14(9-11)25-17-15(13)18(21-10-20-17)26-19-23-22-16(24-19)12-5-3-2-4-6-12/h2-6,10-11H,7-9H2,1H3/t11-/m1/s1. The van der Waals surface area contributed by atoms with Gasteiger partial charge < -0.3 is 4.42 Å². The summed E-state index contributed by atoms with van der Waals surface area (Å²) in [6.07, 6.45) is 5.08. The lowest BCUT2D eigenvalue weighted by molar-refractivity contribution is 0.465. The predicted molar refractivity (Wildman–Crippen MR) is 102 cm³/mol. The first kappa shape index (κ1) is 16.0. The normalized spacial score (nSPS) is 16.7. The van der Waals surface area contributed by atoms with Gasteiger partial charge in [0.25, 0.3) is 5.22 Å². The number of rotatable bonds is 3. The number of nitrogens with zero attached hydrogens (tertiary/aromatic N) is 4. The zero-order chi connectivity index (χ0) is 17.5. The summed E-state index contributed by atoms with van der Waals surface area (Å²) < 4.78 is 5.84. The fraction of sp³-hybridized carbons (Fsp3) is 0.263. The van der Waals surface area contributed by atoms with Gasteiger partial charge in [0, 0.05) is 15.8 Å². The Bertz CT molecular complexity index is 1070. The van der Waals surface area contributed by atoms with Crippen LogP contribution < -0.4 is 0 Å². The fourth-order valence-corrected chi connectivity index (χ4v) is 5.56. The maximum atomic E-state index is 5.84. The molecule has 0 unspecified atom stereocenters. The van der Waals surface area contributed by atoms with Crippen LogP contribution in [0.5, 0.6) is 0 Å². The molecule has 0 bridgehead atoms. The van der Waals surface area contributed by atoms with Crippen LogP contribution in [0.15, 0.2) is 51.3 Å². The zero-order valence-electron chi connectivity index (χ0n) is 14.2. The van der Waals surface area contributed by atoms with Crippen molar-refractivity contribution in [1.82, 2.24) is 20.2 Å². The van der Waals surface area contributed by atoms with E-state index in [0.29, 0.717) is 11.1 Å². The van der Waals surface area contributed by atoms with Crippen molar-refractivity contribution in [1.29, 1.82) is 0 Å². The number of aryl methyl sites for hydroxylation is 1. The Balaban J connectivity index is 1.51. The third-order valence-electron chi connectivity index (χ3n) is 4.67. The Morgan fingerprint density at radius 1 is 1.15 bits per heavy atom. The molecule has 0 saturated heterocycles. The topological polar surface area (TPSA) is 64.7 Å². The van der Waals surface area contributed by atoms with Crippen molar-refractivity contribution in [3.8, 4) is 11.5 Å². The van der Waals surface area contributed by atoms with Crippen LogP contribution in [-0.2, 0) is 12.8 Å². The lowest BCUT2D eigenvalue weighted by Gasteiger charge is -2.17. The molecule has 7 heteroatoms. The number of benzene rings is 1. The molecule has 0 saturated carbocycles. The number of thiophene rings is 1. The zero-order valence-corrected chi connectivity index (χ0v) is 15.8. The molecule has 0 aliphatic heterocycles. The van der Waals surface area contributed by atoms with Crippen LogP contribution >= 0.6 is 23.1 Å². The molecule has 0 spiro atoms. The van der Waals surface area contributed by atoms with Gasteiger partial charge in [-0.05, 0) is 54.6 Å². The van der Waals surface area contributed by atoms with E-state index in [-0.39, 0.29) is 0 Å². The summed E-state index contributed by atoms with van der Waals surface area (Å²) in [5, 5.41) is 10.9. The second-order valence-electron chi connectivity index (χ2n) is 6.55. The van der Waals surface area contributed by atoms with E-state index in [4.69, 9.17) is 4.42 Å². The maximum absolute atomic E-state index is 5.84. The molecule has 0 N–H and O–H groups in total. The van der Waals surface area contributed by atoms with Crippen molar-refractivity contribution in [3.63, 3.8) is 0 Å². The highest BCUT2D eigenvalue weighted by Crippen LogP contribution is 2.42. The molecule has 1 aromatic carbocycles. The smallest absolute Gasteiger partial charge is 0.283 e. The van der Waals surface area contributed by atoms with Crippen molar-refractivity contribution < 1.29 is 4.42 Å². The van der Waals surface area contributed by atoms with Gasteiger partial charge in [-0.25, -0.2) is 9.97 Å². The highest BCUT2D eigenvalue weighted by atomic mass is 32.2. The summed E-state index contributed by atoms with van der Waals surface area (Å²) in [6, 6.07) is 9.80. The van der Waals surface area contributed by atoms with Crippen LogP contribution in [0.3, 0.4) is 0 Å². The molecule has 1 atom stereocenters. The van der Waals surface area contributed by atoms with E-state index in [1.807, 2.05) is 30.3 Å². The van der Waals surface area contributed by atoms with Crippen molar-refractivity contribution in [2.45, 2.75) is 36.4 Å². The molecule has 5 nitrogen and oxygen atoms in total. The Morgan fingerprint density at radius 3 is 2.92 bits per heavy atom. The van der Waals surface area contributed by atoms with E-state index in [0.717, 1.165) is 34.2 Å². The van der Waals surface area contributed by atoms with Crippen LogP contribution in [0.2, 0.25) is 0 Å². The van der Waals surface area contributed by atoms with E-state index in [1.165, 1.54) is 34.0 Å². The van der Waals surface area contributed by atoms with Gasteiger partial charge in [0.1, 0.15) is 16.2 Å².